The number of rotatable bonds is 3. The van der Waals surface area contributed by atoms with Gasteiger partial charge in [-0.25, -0.2) is 4.79 Å². The third-order valence-electron chi connectivity index (χ3n) is 2.72. The highest BCUT2D eigenvalue weighted by Gasteiger charge is 2.34. The van der Waals surface area contributed by atoms with Gasteiger partial charge in [0.25, 0.3) is 5.91 Å². The van der Waals surface area contributed by atoms with E-state index in [0.717, 1.165) is 0 Å². The fourth-order valence-corrected chi connectivity index (χ4v) is 1.97. The summed E-state index contributed by atoms with van der Waals surface area (Å²) in [4.78, 5) is 22.6. The molecule has 1 fully saturated rings. The van der Waals surface area contributed by atoms with Gasteiger partial charge in [-0.1, -0.05) is 23.7 Å². The Morgan fingerprint density at radius 3 is 2.56 bits per heavy atom. The molecule has 2 rings (SSSR count). The monoisotopic (exact) mass is 269 g/mol. The van der Waals surface area contributed by atoms with E-state index in [2.05, 4.69) is 5.32 Å². The maximum atomic E-state index is 11.8. The number of nitrogens with one attached hydrogen (secondary N) is 1. The first-order valence-electron chi connectivity index (χ1n) is 5.51. The summed E-state index contributed by atoms with van der Waals surface area (Å²) in [5, 5.41) is 11.8. The highest BCUT2D eigenvalue weighted by atomic mass is 35.5. The SMILES string of the molecule is O=C(Nc1ccccc1Cl)[C@@H]1CC[C@H](C(=O)O)O1. The summed E-state index contributed by atoms with van der Waals surface area (Å²) >= 11 is 5.90. The minimum atomic E-state index is -1.04. The molecule has 1 aromatic rings. The molecule has 0 saturated carbocycles. The predicted molar refractivity (Wildman–Crippen MR) is 65.6 cm³/mol. The van der Waals surface area contributed by atoms with Gasteiger partial charge in [-0.2, -0.15) is 0 Å². The second-order valence-electron chi connectivity index (χ2n) is 4.00. The van der Waals surface area contributed by atoms with Gasteiger partial charge in [-0.3, -0.25) is 4.79 Å². The lowest BCUT2D eigenvalue weighted by Gasteiger charge is -2.12. The molecule has 0 spiro atoms. The van der Waals surface area contributed by atoms with Crippen molar-refractivity contribution in [2.75, 3.05) is 5.32 Å². The number of para-hydroxylation sites is 1. The van der Waals surface area contributed by atoms with Crippen LogP contribution in [0.5, 0.6) is 0 Å². The molecule has 2 atom stereocenters. The molecule has 6 heteroatoms. The molecule has 1 aliphatic rings. The lowest BCUT2D eigenvalue weighted by molar-refractivity contribution is -0.150. The van der Waals surface area contributed by atoms with Crippen LogP contribution in [-0.2, 0) is 14.3 Å². The number of ether oxygens (including phenoxy) is 1. The Hall–Kier alpha value is -1.59. The molecule has 96 valence electrons. The number of benzene rings is 1. The average Bonchev–Trinajstić information content (AvgIpc) is 2.81. The van der Waals surface area contributed by atoms with E-state index in [1.54, 1.807) is 24.3 Å². The van der Waals surface area contributed by atoms with Crippen LogP contribution in [0.2, 0.25) is 5.02 Å². The summed E-state index contributed by atoms with van der Waals surface area (Å²) in [6.45, 7) is 0. The van der Waals surface area contributed by atoms with Crippen LogP contribution >= 0.6 is 11.6 Å². The molecular weight excluding hydrogens is 258 g/mol. The van der Waals surface area contributed by atoms with Crippen molar-refractivity contribution in [2.45, 2.75) is 25.0 Å². The van der Waals surface area contributed by atoms with Gasteiger partial charge in [0.05, 0.1) is 10.7 Å². The number of hydrogen-bond donors (Lipinski definition) is 2. The van der Waals surface area contributed by atoms with E-state index in [-0.39, 0.29) is 5.91 Å². The molecule has 0 bridgehead atoms. The molecule has 1 saturated heterocycles. The molecule has 0 aliphatic carbocycles. The summed E-state index contributed by atoms with van der Waals surface area (Å²) in [7, 11) is 0. The Kier molecular flexibility index (Phi) is 3.84. The molecule has 0 unspecified atom stereocenters. The van der Waals surface area contributed by atoms with Crippen LogP contribution in [0.1, 0.15) is 12.8 Å². The molecule has 1 amide bonds. The standard InChI is InChI=1S/C12H12ClNO4/c13-7-3-1-2-4-8(7)14-11(15)9-5-6-10(18-9)12(16)17/h1-4,9-10H,5-6H2,(H,14,15)(H,16,17)/t9-,10+/m0/s1. The normalized spacial score (nSPS) is 22.7. The number of carboxylic acid groups (broad SMARTS) is 1. The second kappa shape index (κ2) is 5.37. The number of aliphatic carboxylic acids is 1. The van der Waals surface area contributed by atoms with Gasteiger partial charge in [0.2, 0.25) is 0 Å². The molecule has 0 radical (unpaired) electrons. The van der Waals surface area contributed by atoms with Gasteiger partial charge in [-0.05, 0) is 25.0 Å². The van der Waals surface area contributed by atoms with E-state index in [1.807, 2.05) is 0 Å². The number of halogens is 1. The van der Waals surface area contributed by atoms with Crippen molar-refractivity contribution in [3.63, 3.8) is 0 Å². The van der Waals surface area contributed by atoms with Crippen molar-refractivity contribution in [3.8, 4) is 0 Å². The average molecular weight is 270 g/mol. The van der Waals surface area contributed by atoms with Crippen LogP contribution in [-0.4, -0.2) is 29.2 Å². The van der Waals surface area contributed by atoms with Crippen LogP contribution in [0.4, 0.5) is 5.69 Å². The first-order chi connectivity index (χ1) is 8.58. The lowest BCUT2D eigenvalue weighted by Crippen LogP contribution is -2.30. The van der Waals surface area contributed by atoms with Crippen LogP contribution in [0.3, 0.4) is 0 Å². The van der Waals surface area contributed by atoms with E-state index in [1.165, 1.54) is 0 Å². The van der Waals surface area contributed by atoms with E-state index < -0.39 is 18.2 Å². The predicted octanol–water partition coefficient (Wildman–Crippen LogP) is 1.91. The second-order valence-corrected chi connectivity index (χ2v) is 4.41. The summed E-state index contributed by atoms with van der Waals surface area (Å²) in [5.41, 5.74) is 0.492. The summed E-state index contributed by atoms with van der Waals surface area (Å²) < 4.78 is 5.14. The van der Waals surface area contributed by atoms with Crippen LogP contribution in [0.25, 0.3) is 0 Å². The Balaban J connectivity index is 1.98. The largest absolute Gasteiger partial charge is 0.479 e. The van der Waals surface area contributed by atoms with Gasteiger partial charge in [0.1, 0.15) is 6.10 Å². The third kappa shape index (κ3) is 2.80. The van der Waals surface area contributed by atoms with E-state index in [4.69, 9.17) is 21.4 Å². The number of carbonyl (C=O) groups is 2. The molecule has 2 N–H and O–H groups in total. The number of amides is 1. The van der Waals surface area contributed by atoms with Gasteiger partial charge in [0, 0.05) is 0 Å². The highest BCUT2D eigenvalue weighted by molar-refractivity contribution is 6.33. The minimum Gasteiger partial charge on any atom is -0.479 e. The molecule has 18 heavy (non-hydrogen) atoms. The zero-order valence-electron chi connectivity index (χ0n) is 9.43. The Labute approximate surface area is 109 Å². The van der Waals surface area contributed by atoms with Crippen molar-refractivity contribution < 1.29 is 19.4 Å². The third-order valence-corrected chi connectivity index (χ3v) is 3.05. The molecule has 1 aromatic carbocycles. The van der Waals surface area contributed by atoms with E-state index in [0.29, 0.717) is 23.6 Å². The Bertz CT molecular complexity index is 477. The summed E-state index contributed by atoms with van der Waals surface area (Å²) in [5.74, 6) is -1.41. The van der Waals surface area contributed by atoms with Crippen molar-refractivity contribution in [3.05, 3.63) is 29.3 Å². The number of hydrogen-bond acceptors (Lipinski definition) is 3. The highest BCUT2D eigenvalue weighted by Crippen LogP contribution is 2.24. The number of anilines is 1. The Morgan fingerprint density at radius 1 is 1.28 bits per heavy atom. The summed E-state index contributed by atoms with van der Waals surface area (Å²) in [6, 6.07) is 6.83. The number of carbonyl (C=O) groups excluding carboxylic acids is 1. The maximum absolute atomic E-state index is 11.8. The molecule has 5 nitrogen and oxygen atoms in total. The van der Waals surface area contributed by atoms with Crippen molar-refractivity contribution in [1.29, 1.82) is 0 Å². The molecule has 0 aromatic heterocycles. The van der Waals surface area contributed by atoms with Crippen molar-refractivity contribution >= 4 is 29.2 Å². The van der Waals surface area contributed by atoms with Crippen molar-refractivity contribution in [2.24, 2.45) is 0 Å². The minimum absolute atomic E-state index is 0.343. The zero-order chi connectivity index (χ0) is 13.1. The maximum Gasteiger partial charge on any atom is 0.332 e. The van der Waals surface area contributed by atoms with Gasteiger partial charge in [-0.15, -0.1) is 0 Å². The van der Waals surface area contributed by atoms with E-state index in [9.17, 15) is 9.59 Å². The first kappa shape index (κ1) is 12.9. The van der Waals surface area contributed by atoms with Crippen LogP contribution in [0.15, 0.2) is 24.3 Å². The molecule has 1 heterocycles. The quantitative estimate of drug-likeness (QED) is 0.879. The lowest BCUT2D eigenvalue weighted by atomic mass is 10.2. The fourth-order valence-electron chi connectivity index (χ4n) is 1.79. The van der Waals surface area contributed by atoms with Crippen LogP contribution < -0.4 is 5.32 Å². The van der Waals surface area contributed by atoms with Gasteiger partial charge in [0.15, 0.2) is 6.10 Å². The van der Waals surface area contributed by atoms with Crippen molar-refractivity contribution in [1.82, 2.24) is 0 Å². The van der Waals surface area contributed by atoms with Gasteiger partial charge >= 0.3 is 5.97 Å². The smallest absolute Gasteiger partial charge is 0.332 e. The molecular formula is C12H12ClNO4. The van der Waals surface area contributed by atoms with E-state index >= 15 is 0 Å². The fraction of sp³-hybridized carbons (Fsp3) is 0.333. The number of carboxylic acids is 1. The first-order valence-corrected chi connectivity index (χ1v) is 5.89. The Morgan fingerprint density at radius 2 is 1.94 bits per heavy atom. The summed E-state index contributed by atoms with van der Waals surface area (Å²) in [6.07, 6.45) is -0.891. The van der Waals surface area contributed by atoms with Gasteiger partial charge < -0.3 is 15.2 Å². The van der Waals surface area contributed by atoms with Crippen LogP contribution in [0, 0.1) is 0 Å². The molecule has 1 aliphatic heterocycles. The topological polar surface area (TPSA) is 75.6 Å². The zero-order valence-corrected chi connectivity index (χ0v) is 10.2.